The SMILES string of the molecule is CCc1ccc(C(C)NCc2ccc(O)cn2)cc1. The van der Waals surface area contributed by atoms with Crippen molar-refractivity contribution in [1.82, 2.24) is 10.3 Å². The summed E-state index contributed by atoms with van der Waals surface area (Å²) in [4.78, 5) is 4.16. The molecular weight excluding hydrogens is 236 g/mol. The molecule has 0 aliphatic heterocycles. The number of hydrogen-bond acceptors (Lipinski definition) is 3. The smallest absolute Gasteiger partial charge is 0.133 e. The van der Waals surface area contributed by atoms with Crippen LogP contribution in [0.1, 0.15) is 36.7 Å². The molecule has 100 valence electrons. The number of pyridine rings is 1. The van der Waals surface area contributed by atoms with Crippen LogP contribution >= 0.6 is 0 Å². The second-order valence-electron chi connectivity index (χ2n) is 4.71. The predicted molar refractivity (Wildman–Crippen MR) is 77.0 cm³/mol. The van der Waals surface area contributed by atoms with Gasteiger partial charge in [0.05, 0.1) is 11.9 Å². The molecule has 0 amide bonds. The third-order valence-electron chi connectivity index (χ3n) is 3.29. The normalized spacial score (nSPS) is 12.3. The summed E-state index contributed by atoms with van der Waals surface area (Å²) in [5.74, 6) is 0.201. The predicted octanol–water partition coefficient (Wildman–Crippen LogP) is 3.20. The molecule has 0 aliphatic carbocycles. The molecule has 0 aliphatic rings. The van der Waals surface area contributed by atoms with Gasteiger partial charge >= 0.3 is 0 Å². The van der Waals surface area contributed by atoms with E-state index < -0.39 is 0 Å². The maximum Gasteiger partial charge on any atom is 0.133 e. The minimum atomic E-state index is 0.201. The lowest BCUT2D eigenvalue weighted by Crippen LogP contribution is -2.18. The van der Waals surface area contributed by atoms with Gasteiger partial charge in [-0.15, -0.1) is 0 Å². The Bertz CT molecular complexity index is 505. The van der Waals surface area contributed by atoms with E-state index in [4.69, 9.17) is 0 Å². The lowest BCUT2D eigenvalue weighted by atomic mass is 10.0. The summed E-state index contributed by atoms with van der Waals surface area (Å²) < 4.78 is 0. The Hall–Kier alpha value is -1.87. The van der Waals surface area contributed by atoms with Crippen molar-refractivity contribution in [3.8, 4) is 5.75 Å². The van der Waals surface area contributed by atoms with E-state index in [1.807, 2.05) is 6.07 Å². The summed E-state index contributed by atoms with van der Waals surface area (Å²) >= 11 is 0. The van der Waals surface area contributed by atoms with E-state index in [0.717, 1.165) is 12.1 Å². The van der Waals surface area contributed by atoms with Crippen molar-refractivity contribution in [2.45, 2.75) is 32.9 Å². The number of hydrogen-bond donors (Lipinski definition) is 2. The molecule has 0 bridgehead atoms. The standard InChI is InChI=1S/C16H20N2O/c1-3-13-4-6-14(7-5-13)12(2)17-10-15-8-9-16(19)11-18-15/h4-9,11-12,17,19H,3,10H2,1-2H3. The van der Waals surface area contributed by atoms with Gasteiger partial charge in [0.1, 0.15) is 5.75 Å². The minimum absolute atomic E-state index is 0.201. The largest absolute Gasteiger partial charge is 0.506 e. The van der Waals surface area contributed by atoms with Crippen LogP contribution in [0.25, 0.3) is 0 Å². The molecule has 2 rings (SSSR count). The number of nitrogens with zero attached hydrogens (tertiary/aromatic N) is 1. The second-order valence-corrected chi connectivity index (χ2v) is 4.71. The van der Waals surface area contributed by atoms with Gasteiger partial charge in [0.25, 0.3) is 0 Å². The first-order valence-corrected chi connectivity index (χ1v) is 6.65. The monoisotopic (exact) mass is 256 g/mol. The van der Waals surface area contributed by atoms with Crippen LogP contribution in [-0.4, -0.2) is 10.1 Å². The Labute approximate surface area is 114 Å². The van der Waals surface area contributed by atoms with Crippen molar-refractivity contribution in [1.29, 1.82) is 0 Å². The van der Waals surface area contributed by atoms with Gasteiger partial charge in [0.2, 0.25) is 0 Å². The summed E-state index contributed by atoms with van der Waals surface area (Å²) in [6.45, 7) is 4.99. The number of aryl methyl sites for hydroxylation is 1. The third-order valence-corrected chi connectivity index (χ3v) is 3.29. The Morgan fingerprint density at radius 2 is 1.89 bits per heavy atom. The number of benzene rings is 1. The van der Waals surface area contributed by atoms with E-state index >= 15 is 0 Å². The average Bonchev–Trinajstić information content (AvgIpc) is 2.46. The van der Waals surface area contributed by atoms with Gasteiger partial charge in [0.15, 0.2) is 0 Å². The highest BCUT2D eigenvalue weighted by Gasteiger charge is 2.05. The zero-order chi connectivity index (χ0) is 13.7. The van der Waals surface area contributed by atoms with Crippen LogP contribution in [0.15, 0.2) is 42.6 Å². The third kappa shape index (κ3) is 3.80. The summed E-state index contributed by atoms with van der Waals surface area (Å²) in [6, 6.07) is 12.4. The van der Waals surface area contributed by atoms with Gasteiger partial charge in [-0.2, -0.15) is 0 Å². The van der Waals surface area contributed by atoms with Crippen molar-refractivity contribution in [2.75, 3.05) is 0 Å². The van der Waals surface area contributed by atoms with E-state index in [-0.39, 0.29) is 11.8 Å². The Morgan fingerprint density at radius 3 is 2.47 bits per heavy atom. The number of nitrogens with one attached hydrogen (secondary N) is 1. The molecule has 1 heterocycles. The lowest BCUT2D eigenvalue weighted by Gasteiger charge is -2.14. The fraction of sp³-hybridized carbons (Fsp3) is 0.312. The molecule has 1 atom stereocenters. The zero-order valence-electron chi connectivity index (χ0n) is 11.4. The topological polar surface area (TPSA) is 45.1 Å². The van der Waals surface area contributed by atoms with E-state index in [2.05, 4.69) is 48.4 Å². The Kier molecular flexibility index (Phi) is 4.53. The minimum Gasteiger partial charge on any atom is -0.506 e. The van der Waals surface area contributed by atoms with Crippen LogP contribution in [0.3, 0.4) is 0 Å². The van der Waals surface area contributed by atoms with E-state index in [9.17, 15) is 5.11 Å². The van der Waals surface area contributed by atoms with Crippen LogP contribution in [-0.2, 0) is 13.0 Å². The highest BCUT2D eigenvalue weighted by atomic mass is 16.3. The maximum atomic E-state index is 9.18. The van der Waals surface area contributed by atoms with Crippen LogP contribution < -0.4 is 5.32 Å². The maximum absolute atomic E-state index is 9.18. The summed E-state index contributed by atoms with van der Waals surface area (Å²) in [7, 11) is 0. The quantitative estimate of drug-likeness (QED) is 0.863. The molecule has 2 aromatic rings. The molecular formula is C16H20N2O. The van der Waals surface area contributed by atoms with Crippen molar-refractivity contribution in [3.63, 3.8) is 0 Å². The summed E-state index contributed by atoms with van der Waals surface area (Å²) in [5.41, 5.74) is 3.56. The highest BCUT2D eigenvalue weighted by Crippen LogP contribution is 2.14. The number of rotatable bonds is 5. The molecule has 0 spiro atoms. The van der Waals surface area contributed by atoms with Crippen molar-refractivity contribution >= 4 is 0 Å². The van der Waals surface area contributed by atoms with Crippen LogP contribution in [0, 0.1) is 0 Å². The Morgan fingerprint density at radius 1 is 1.16 bits per heavy atom. The Balaban J connectivity index is 1.93. The van der Waals surface area contributed by atoms with E-state index in [1.165, 1.54) is 17.3 Å². The average molecular weight is 256 g/mol. The van der Waals surface area contributed by atoms with Crippen molar-refractivity contribution in [3.05, 3.63) is 59.4 Å². The van der Waals surface area contributed by atoms with Gasteiger partial charge in [-0.05, 0) is 36.6 Å². The lowest BCUT2D eigenvalue weighted by molar-refractivity contribution is 0.471. The molecule has 19 heavy (non-hydrogen) atoms. The molecule has 0 radical (unpaired) electrons. The second kappa shape index (κ2) is 6.34. The molecule has 1 aromatic heterocycles. The molecule has 0 saturated heterocycles. The first kappa shape index (κ1) is 13.6. The fourth-order valence-electron chi connectivity index (χ4n) is 1.94. The summed E-state index contributed by atoms with van der Waals surface area (Å²) in [6.07, 6.45) is 2.54. The van der Waals surface area contributed by atoms with Crippen LogP contribution in [0.5, 0.6) is 5.75 Å². The van der Waals surface area contributed by atoms with Gasteiger partial charge in [-0.1, -0.05) is 31.2 Å². The summed E-state index contributed by atoms with van der Waals surface area (Å²) in [5, 5.41) is 12.6. The molecule has 1 aromatic carbocycles. The molecule has 2 N–H and O–H groups in total. The first-order chi connectivity index (χ1) is 9.19. The van der Waals surface area contributed by atoms with Crippen LogP contribution in [0.2, 0.25) is 0 Å². The van der Waals surface area contributed by atoms with Gasteiger partial charge in [0, 0.05) is 12.6 Å². The molecule has 0 fully saturated rings. The molecule has 1 unspecified atom stereocenters. The highest BCUT2D eigenvalue weighted by molar-refractivity contribution is 5.25. The fourth-order valence-corrected chi connectivity index (χ4v) is 1.94. The van der Waals surface area contributed by atoms with Gasteiger partial charge in [-0.25, -0.2) is 0 Å². The van der Waals surface area contributed by atoms with Gasteiger partial charge < -0.3 is 10.4 Å². The van der Waals surface area contributed by atoms with Crippen LogP contribution in [0.4, 0.5) is 0 Å². The van der Waals surface area contributed by atoms with E-state index in [0.29, 0.717) is 6.54 Å². The van der Waals surface area contributed by atoms with Crippen molar-refractivity contribution in [2.24, 2.45) is 0 Å². The first-order valence-electron chi connectivity index (χ1n) is 6.65. The number of aromatic hydroxyl groups is 1. The molecule has 3 nitrogen and oxygen atoms in total. The zero-order valence-corrected chi connectivity index (χ0v) is 11.4. The number of aromatic nitrogens is 1. The van der Waals surface area contributed by atoms with E-state index in [1.54, 1.807) is 6.07 Å². The van der Waals surface area contributed by atoms with Gasteiger partial charge in [-0.3, -0.25) is 4.98 Å². The molecule has 3 heteroatoms. The van der Waals surface area contributed by atoms with Crippen molar-refractivity contribution < 1.29 is 5.11 Å². The molecule has 0 saturated carbocycles.